The second-order valence-electron chi connectivity index (χ2n) is 4.49. The van der Waals surface area contributed by atoms with Crippen LogP contribution >= 0.6 is 0 Å². The van der Waals surface area contributed by atoms with Gasteiger partial charge in [0.2, 0.25) is 0 Å². The monoisotopic (exact) mass is 312 g/mol. The summed E-state index contributed by atoms with van der Waals surface area (Å²) in [5.74, 6) is -0.425. The molecule has 0 saturated heterocycles. The number of carboxylic acid groups (broad SMARTS) is 1. The zero-order valence-electron chi connectivity index (χ0n) is 11.9. The SMILES string of the molecule is CS(=O)CCCNC(=O)N(CCC(=O)O)c1ccccc1. The van der Waals surface area contributed by atoms with Gasteiger partial charge in [-0.2, -0.15) is 0 Å². The minimum absolute atomic E-state index is 0.102. The van der Waals surface area contributed by atoms with E-state index in [0.717, 1.165) is 0 Å². The summed E-state index contributed by atoms with van der Waals surface area (Å²) >= 11 is 0. The molecule has 1 aromatic carbocycles. The summed E-state index contributed by atoms with van der Waals surface area (Å²) in [4.78, 5) is 24.2. The third kappa shape index (κ3) is 6.89. The van der Waals surface area contributed by atoms with E-state index in [1.165, 1.54) is 4.90 Å². The molecule has 0 aliphatic carbocycles. The molecule has 0 saturated carbocycles. The number of nitrogens with zero attached hydrogens (tertiary/aromatic N) is 1. The van der Waals surface area contributed by atoms with Gasteiger partial charge in [0.15, 0.2) is 0 Å². The lowest BCUT2D eigenvalue weighted by atomic mass is 10.2. The largest absolute Gasteiger partial charge is 0.481 e. The molecule has 0 bridgehead atoms. The molecule has 0 fully saturated rings. The third-order valence-corrected chi connectivity index (χ3v) is 3.61. The highest BCUT2D eigenvalue weighted by atomic mass is 32.2. The predicted molar refractivity (Wildman–Crippen MR) is 83.0 cm³/mol. The fraction of sp³-hybridized carbons (Fsp3) is 0.429. The molecule has 1 atom stereocenters. The number of hydrogen-bond donors (Lipinski definition) is 2. The number of carbonyl (C=O) groups is 2. The molecular weight excluding hydrogens is 292 g/mol. The molecular formula is C14H20N2O4S. The first-order valence-corrected chi connectivity index (χ1v) is 8.35. The van der Waals surface area contributed by atoms with Gasteiger partial charge >= 0.3 is 12.0 Å². The molecule has 0 radical (unpaired) electrons. The van der Waals surface area contributed by atoms with E-state index in [9.17, 15) is 13.8 Å². The topological polar surface area (TPSA) is 86.7 Å². The second-order valence-corrected chi connectivity index (χ2v) is 6.05. The number of carbonyl (C=O) groups excluding carboxylic acids is 1. The standard InChI is InChI=1S/C14H20N2O4S/c1-21(20)11-5-9-15-14(19)16(10-8-13(17)18)12-6-3-2-4-7-12/h2-4,6-7H,5,8-11H2,1H3,(H,15,19)(H,17,18). The van der Waals surface area contributed by atoms with Crippen molar-refractivity contribution in [3.05, 3.63) is 30.3 Å². The molecule has 1 unspecified atom stereocenters. The number of urea groups is 1. The van der Waals surface area contributed by atoms with Crippen LogP contribution in [0, 0.1) is 0 Å². The summed E-state index contributed by atoms with van der Waals surface area (Å²) in [5.41, 5.74) is 0.648. The summed E-state index contributed by atoms with van der Waals surface area (Å²) in [7, 11) is -0.879. The van der Waals surface area contributed by atoms with Crippen molar-refractivity contribution in [3.8, 4) is 0 Å². The molecule has 7 heteroatoms. The van der Waals surface area contributed by atoms with Gasteiger partial charge in [-0.15, -0.1) is 0 Å². The Morgan fingerprint density at radius 3 is 2.52 bits per heavy atom. The molecule has 21 heavy (non-hydrogen) atoms. The Morgan fingerprint density at radius 1 is 1.29 bits per heavy atom. The minimum atomic E-state index is -0.954. The minimum Gasteiger partial charge on any atom is -0.481 e. The van der Waals surface area contributed by atoms with E-state index in [2.05, 4.69) is 5.32 Å². The smallest absolute Gasteiger partial charge is 0.321 e. The van der Waals surface area contributed by atoms with E-state index in [1.807, 2.05) is 6.07 Å². The van der Waals surface area contributed by atoms with Gasteiger partial charge in [0.05, 0.1) is 6.42 Å². The summed E-state index contributed by atoms with van der Waals surface area (Å²) in [6, 6.07) is 8.57. The average molecular weight is 312 g/mol. The molecule has 1 rings (SSSR count). The maximum atomic E-state index is 12.1. The molecule has 0 heterocycles. The molecule has 0 aliphatic heterocycles. The van der Waals surface area contributed by atoms with E-state index in [1.54, 1.807) is 30.5 Å². The summed E-state index contributed by atoms with van der Waals surface area (Å²) in [6.07, 6.45) is 2.11. The number of rotatable bonds is 8. The van der Waals surface area contributed by atoms with Gasteiger partial charge in [0, 0.05) is 41.6 Å². The fourth-order valence-corrected chi connectivity index (χ4v) is 2.28. The molecule has 6 nitrogen and oxygen atoms in total. The van der Waals surface area contributed by atoms with E-state index in [0.29, 0.717) is 24.4 Å². The normalized spacial score (nSPS) is 11.7. The van der Waals surface area contributed by atoms with Crippen molar-refractivity contribution in [1.29, 1.82) is 0 Å². The van der Waals surface area contributed by atoms with E-state index in [4.69, 9.17) is 5.11 Å². The number of amides is 2. The molecule has 1 aromatic rings. The van der Waals surface area contributed by atoms with E-state index < -0.39 is 16.8 Å². The van der Waals surface area contributed by atoms with Crippen LogP contribution < -0.4 is 10.2 Å². The lowest BCUT2D eigenvalue weighted by molar-refractivity contribution is -0.136. The van der Waals surface area contributed by atoms with Crippen molar-refractivity contribution in [1.82, 2.24) is 5.32 Å². The summed E-state index contributed by atoms with van der Waals surface area (Å²) in [6.45, 7) is 0.514. The Hall–Kier alpha value is -1.89. The number of anilines is 1. The number of aliphatic carboxylic acids is 1. The number of carboxylic acids is 1. The number of para-hydroxylation sites is 1. The van der Waals surface area contributed by atoms with Crippen LogP contribution in [0.2, 0.25) is 0 Å². The van der Waals surface area contributed by atoms with Gasteiger partial charge in [-0.3, -0.25) is 13.9 Å². The molecule has 2 amide bonds. The fourth-order valence-electron chi connectivity index (χ4n) is 1.73. The van der Waals surface area contributed by atoms with Crippen molar-refractivity contribution < 1.29 is 18.9 Å². The van der Waals surface area contributed by atoms with Gasteiger partial charge in [-0.1, -0.05) is 18.2 Å². The highest BCUT2D eigenvalue weighted by Crippen LogP contribution is 2.13. The Labute approximate surface area is 126 Å². The van der Waals surface area contributed by atoms with Crippen molar-refractivity contribution in [2.24, 2.45) is 0 Å². The summed E-state index contributed by atoms with van der Waals surface area (Å²) in [5, 5.41) is 11.5. The maximum Gasteiger partial charge on any atom is 0.321 e. The van der Waals surface area contributed by atoms with Crippen LogP contribution in [-0.4, -0.2) is 46.4 Å². The van der Waals surface area contributed by atoms with Crippen LogP contribution in [-0.2, 0) is 15.6 Å². The number of hydrogen-bond acceptors (Lipinski definition) is 3. The first-order chi connectivity index (χ1) is 10.0. The molecule has 2 N–H and O–H groups in total. The quantitative estimate of drug-likeness (QED) is 0.711. The van der Waals surface area contributed by atoms with Gasteiger partial charge in [-0.25, -0.2) is 4.79 Å². The molecule has 0 aliphatic rings. The van der Waals surface area contributed by atoms with E-state index >= 15 is 0 Å². The Morgan fingerprint density at radius 2 is 1.95 bits per heavy atom. The van der Waals surface area contributed by atoms with Crippen molar-refractivity contribution in [2.75, 3.05) is 30.0 Å². The van der Waals surface area contributed by atoms with Gasteiger partial charge in [-0.05, 0) is 18.6 Å². The Balaban J connectivity index is 2.61. The summed E-state index contributed by atoms with van der Waals surface area (Å²) < 4.78 is 10.9. The predicted octanol–water partition coefficient (Wildman–Crippen LogP) is 1.45. The molecule has 0 aromatic heterocycles. The number of benzene rings is 1. The van der Waals surface area contributed by atoms with Crippen molar-refractivity contribution in [2.45, 2.75) is 12.8 Å². The van der Waals surface area contributed by atoms with Crippen LogP contribution in [0.5, 0.6) is 0 Å². The van der Waals surface area contributed by atoms with E-state index in [-0.39, 0.29) is 19.0 Å². The van der Waals surface area contributed by atoms with Gasteiger partial charge in [0.25, 0.3) is 0 Å². The van der Waals surface area contributed by atoms with Crippen molar-refractivity contribution in [3.63, 3.8) is 0 Å². The zero-order valence-corrected chi connectivity index (χ0v) is 12.8. The van der Waals surface area contributed by atoms with Crippen LogP contribution in [0.3, 0.4) is 0 Å². The Kier molecular flexibility index (Phi) is 7.45. The van der Waals surface area contributed by atoms with Crippen LogP contribution in [0.4, 0.5) is 10.5 Å². The highest BCUT2D eigenvalue weighted by Gasteiger charge is 2.16. The molecule has 0 spiro atoms. The second kappa shape index (κ2) is 9.12. The maximum absolute atomic E-state index is 12.1. The van der Waals surface area contributed by atoms with Crippen LogP contribution in [0.25, 0.3) is 0 Å². The first-order valence-electron chi connectivity index (χ1n) is 6.63. The lowest BCUT2D eigenvalue weighted by Crippen LogP contribution is -2.41. The van der Waals surface area contributed by atoms with Gasteiger partial charge in [0.1, 0.15) is 0 Å². The van der Waals surface area contributed by atoms with Crippen LogP contribution in [0.15, 0.2) is 30.3 Å². The van der Waals surface area contributed by atoms with Crippen LogP contribution in [0.1, 0.15) is 12.8 Å². The third-order valence-electron chi connectivity index (χ3n) is 2.75. The highest BCUT2D eigenvalue weighted by molar-refractivity contribution is 7.84. The van der Waals surface area contributed by atoms with Crippen molar-refractivity contribution >= 4 is 28.5 Å². The lowest BCUT2D eigenvalue weighted by Gasteiger charge is -2.22. The average Bonchev–Trinajstić information content (AvgIpc) is 2.44. The van der Waals surface area contributed by atoms with Gasteiger partial charge < -0.3 is 10.4 Å². The first kappa shape index (κ1) is 17.2. The Bertz CT molecular complexity index is 493. The molecule has 116 valence electrons. The number of nitrogens with one attached hydrogen (secondary N) is 1. The zero-order chi connectivity index (χ0) is 15.7.